The van der Waals surface area contributed by atoms with Crippen LogP contribution in [0.3, 0.4) is 0 Å². The lowest BCUT2D eigenvalue weighted by Crippen LogP contribution is -2.26. The highest BCUT2D eigenvalue weighted by atomic mass is 35.5. The number of benzene rings is 1. The fourth-order valence-corrected chi connectivity index (χ4v) is 2.57. The monoisotopic (exact) mass is 324 g/mol. The van der Waals surface area contributed by atoms with Crippen LogP contribution in [-0.2, 0) is 0 Å². The molecular weight excluding hydrogens is 305 g/mol. The quantitative estimate of drug-likeness (QED) is 0.923. The van der Waals surface area contributed by atoms with Crippen LogP contribution in [0, 0.1) is 5.92 Å². The van der Waals surface area contributed by atoms with Crippen molar-refractivity contribution in [2.45, 2.75) is 25.7 Å². The van der Waals surface area contributed by atoms with E-state index in [2.05, 4.69) is 16.6 Å². The SMILES string of the molecule is CC(c1ccc(OC(F)(F)F)cc1)N1CCC(CN)C1.Cl. The summed E-state index contributed by atoms with van der Waals surface area (Å²) in [6, 6.07) is 6.25. The van der Waals surface area contributed by atoms with Crippen molar-refractivity contribution < 1.29 is 17.9 Å². The van der Waals surface area contributed by atoms with E-state index >= 15 is 0 Å². The van der Waals surface area contributed by atoms with Gasteiger partial charge in [0, 0.05) is 12.6 Å². The summed E-state index contributed by atoms with van der Waals surface area (Å²) in [5.74, 6) is 0.333. The third-order valence-electron chi connectivity index (χ3n) is 3.79. The molecule has 0 saturated carbocycles. The third kappa shape index (κ3) is 5.05. The highest BCUT2D eigenvalue weighted by Gasteiger charge is 2.31. The topological polar surface area (TPSA) is 38.5 Å². The number of hydrogen-bond acceptors (Lipinski definition) is 3. The summed E-state index contributed by atoms with van der Waals surface area (Å²) in [5.41, 5.74) is 6.65. The van der Waals surface area contributed by atoms with E-state index in [1.54, 1.807) is 12.1 Å². The highest BCUT2D eigenvalue weighted by Crippen LogP contribution is 2.29. The van der Waals surface area contributed by atoms with Crippen LogP contribution in [0.1, 0.15) is 24.9 Å². The van der Waals surface area contributed by atoms with Crippen LogP contribution in [0.4, 0.5) is 13.2 Å². The first-order valence-corrected chi connectivity index (χ1v) is 6.69. The minimum absolute atomic E-state index is 0. The van der Waals surface area contributed by atoms with Gasteiger partial charge < -0.3 is 10.5 Å². The van der Waals surface area contributed by atoms with Gasteiger partial charge in [-0.3, -0.25) is 4.90 Å². The molecule has 0 bridgehead atoms. The molecule has 1 aliphatic rings. The van der Waals surface area contributed by atoms with Gasteiger partial charge in [-0.25, -0.2) is 0 Å². The Kier molecular flexibility index (Phi) is 6.31. The van der Waals surface area contributed by atoms with E-state index in [0.29, 0.717) is 12.5 Å². The smallest absolute Gasteiger partial charge is 0.406 e. The number of ether oxygens (including phenoxy) is 1. The molecule has 120 valence electrons. The molecule has 0 spiro atoms. The van der Waals surface area contributed by atoms with Crippen LogP contribution in [0.25, 0.3) is 0 Å². The molecule has 1 fully saturated rings. The van der Waals surface area contributed by atoms with Crippen molar-refractivity contribution in [1.29, 1.82) is 0 Å². The van der Waals surface area contributed by atoms with Crippen LogP contribution in [0.5, 0.6) is 5.75 Å². The van der Waals surface area contributed by atoms with Gasteiger partial charge in [0.1, 0.15) is 5.75 Å². The normalized spacial score (nSPS) is 20.9. The molecule has 2 atom stereocenters. The van der Waals surface area contributed by atoms with Gasteiger partial charge in [0.2, 0.25) is 0 Å². The van der Waals surface area contributed by atoms with Crippen molar-refractivity contribution >= 4 is 12.4 Å². The predicted molar refractivity (Wildman–Crippen MR) is 77.5 cm³/mol. The summed E-state index contributed by atoms with van der Waals surface area (Å²) in [6.45, 7) is 4.66. The standard InChI is InChI=1S/C14H19F3N2O.ClH/c1-10(19-7-6-11(8-18)9-19)12-2-4-13(5-3-12)20-14(15,16)17;/h2-5,10-11H,6-9,18H2,1H3;1H. The lowest BCUT2D eigenvalue weighted by atomic mass is 10.1. The zero-order chi connectivity index (χ0) is 14.8. The summed E-state index contributed by atoms with van der Waals surface area (Å²) in [4.78, 5) is 2.30. The lowest BCUT2D eigenvalue weighted by molar-refractivity contribution is -0.274. The summed E-state index contributed by atoms with van der Waals surface area (Å²) in [7, 11) is 0. The van der Waals surface area contributed by atoms with Crippen LogP contribution < -0.4 is 10.5 Å². The Morgan fingerprint density at radius 2 is 1.95 bits per heavy atom. The van der Waals surface area contributed by atoms with E-state index in [1.165, 1.54) is 12.1 Å². The number of halogens is 4. The minimum atomic E-state index is -4.64. The number of hydrogen-bond donors (Lipinski definition) is 1. The van der Waals surface area contributed by atoms with E-state index < -0.39 is 6.36 Å². The summed E-state index contributed by atoms with van der Waals surface area (Å²) < 4.78 is 40.1. The molecule has 1 aromatic carbocycles. The molecule has 1 saturated heterocycles. The Morgan fingerprint density at radius 1 is 1.33 bits per heavy atom. The molecule has 7 heteroatoms. The first-order chi connectivity index (χ1) is 9.39. The largest absolute Gasteiger partial charge is 0.573 e. The van der Waals surface area contributed by atoms with Gasteiger partial charge in [-0.05, 0) is 50.0 Å². The molecule has 1 aromatic rings. The maximum atomic E-state index is 12.1. The van der Waals surface area contributed by atoms with Crippen molar-refractivity contribution in [2.75, 3.05) is 19.6 Å². The van der Waals surface area contributed by atoms with Crippen molar-refractivity contribution in [2.24, 2.45) is 11.7 Å². The third-order valence-corrected chi connectivity index (χ3v) is 3.79. The van der Waals surface area contributed by atoms with Gasteiger partial charge in [-0.15, -0.1) is 25.6 Å². The number of likely N-dealkylation sites (tertiary alicyclic amines) is 1. The lowest BCUT2D eigenvalue weighted by Gasteiger charge is -2.25. The number of alkyl halides is 3. The Balaban J connectivity index is 0.00000220. The summed E-state index contributed by atoms with van der Waals surface area (Å²) in [5, 5.41) is 0. The first-order valence-electron chi connectivity index (χ1n) is 6.69. The average Bonchev–Trinajstić information content (AvgIpc) is 2.85. The Morgan fingerprint density at radius 3 is 2.43 bits per heavy atom. The molecule has 0 aliphatic carbocycles. The Labute approximate surface area is 128 Å². The van der Waals surface area contributed by atoms with Crippen LogP contribution in [0.15, 0.2) is 24.3 Å². The molecule has 1 heterocycles. The van der Waals surface area contributed by atoms with E-state index in [9.17, 15) is 13.2 Å². The minimum Gasteiger partial charge on any atom is -0.406 e. The molecule has 2 N–H and O–H groups in total. The maximum Gasteiger partial charge on any atom is 0.573 e. The zero-order valence-corrected chi connectivity index (χ0v) is 12.6. The zero-order valence-electron chi connectivity index (χ0n) is 11.8. The van der Waals surface area contributed by atoms with Gasteiger partial charge in [-0.2, -0.15) is 0 Å². The molecule has 2 rings (SSSR count). The van der Waals surface area contributed by atoms with Crippen LogP contribution >= 0.6 is 12.4 Å². The molecule has 21 heavy (non-hydrogen) atoms. The van der Waals surface area contributed by atoms with E-state index in [-0.39, 0.29) is 24.2 Å². The predicted octanol–water partition coefficient (Wildman–Crippen LogP) is 3.35. The first kappa shape index (κ1) is 18.1. The van der Waals surface area contributed by atoms with Gasteiger partial charge >= 0.3 is 6.36 Å². The summed E-state index contributed by atoms with van der Waals surface area (Å²) in [6.07, 6.45) is -3.56. The van der Waals surface area contributed by atoms with Crippen LogP contribution in [0.2, 0.25) is 0 Å². The van der Waals surface area contributed by atoms with Crippen molar-refractivity contribution in [3.8, 4) is 5.75 Å². The Hall–Kier alpha value is -0.980. The van der Waals surface area contributed by atoms with E-state index in [4.69, 9.17) is 5.73 Å². The van der Waals surface area contributed by atoms with E-state index in [0.717, 1.165) is 25.1 Å². The van der Waals surface area contributed by atoms with Crippen molar-refractivity contribution in [1.82, 2.24) is 4.90 Å². The second-order valence-corrected chi connectivity index (χ2v) is 5.18. The molecular formula is C14H20ClF3N2O. The molecule has 2 unspecified atom stereocenters. The van der Waals surface area contributed by atoms with Crippen LogP contribution in [-0.4, -0.2) is 30.9 Å². The van der Waals surface area contributed by atoms with Crippen molar-refractivity contribution in [3.05, 3.63) is 29.8 Å². The van der Waals surface area contributed by atoms with Gasteiger partial charge in [0.25, 0.3) is 0 Å². The number of rotatable bonds is 4. The molecule has 0 amide bonds. The fourth-order valence-electron chi connectivity index (χ4n) is 2.57. The molecule has 1 aliphatic heterocycles. The van der Waals surface area contributed by atoms with Gasteiger partial charge in [-0.1, -0.05) is 12.1 Å². The fraction of sp³-hybridized carbons (Fsp3) is 0.571. The molecule has 0 aromatic heterocycles. The molecule has 3 nitrogen and oxygen atoms in total. The highest BCUT2D eigenvalue weighted by molar-refractivity contribution is 5.85. The van der Waals surface area contributed by atoms with Gasteiger partial charge in [0.05, 0.1) is 0 Å². The number of nitrogens with two attached hydrogens (primary N) is 1. The number of nitrogens with zero attached hydrogens (tertiary/aromatic N) is 1. The summed E-state index contributed by atoms with van der Waals surface area (Å²) >= 11 is 0. The van der Waals surface area contributed by atoms with Crippen molar-refractivity contribution in [3.63, 3.8) is 0 Å². The second kappa shape index (κ2) is 7.33. The Bertz CT molecular complexity index is 439. The molecule has 0 radical (unpaired) electrons. The average molecular weight is 325 g/mol. The maximum absolute atomic E-state index is 12.1. The van der Waals surface area contributed by atoms with Gasteiger partial charge in [0.15, 0.2) is 0 Å². The van der Waals surface area contributed by atoms with E-state index in [1.807, 2.05) is 0 Å². The second-order valence-electron chi connectivity index (χ2n) is 5.18.